The van der Waals surface area contributed by atoms with Gasteiger partial charge in [-0.3, -0.25) is 4.57 Å². The van der Waals surface area contributed by atoms with E-state index in [1.165, 1.54) is 12.4 Å². The molecule has 0 saturated heterocycles. The molecule has 3 aromatic rings. The third-order valence-electron chi connectivity index (χ3n) is 2.87. The Morgan fingerprint density at radius 1 is 1.25 bits per heavy atom. The van der Waals surface area contributed by atoms with E-state index in [1.54, 1.807) is 28.8 Å². The summed E-state index contributed by atoms with van der Waals surface area (Å²) in [5, 5.41) is 10.2. The van der Waals surface area contributed by atoms with Crippen LogP contribution in [-0.2, 0) is 0 Å². The summed E-state index contributed by atoms with van der Waals surface area (Å²) in [6, 6.07) is 7.09. The molecule has 1 N–H and O–H groups in total. The van der Waals surface area contributed by atoms with Gasteiger partial charge in [0, 0.05) is 11.6 Å². The summed E-state index contributed by atoms with van der Waals surface area (Å²) in [6.45, 7) is 0. The number of carboxylic acids is 1. The molecule has 0 amide bonds. The van der Waals surface area contributed by atoms with Gasteiger partial charge in [-0.15, -0.1) is 0 Å². The first-order valence-corrected chi connectivity index (χ1v) is 6.35. The first-order chi connectivity index (χ1) is 9.58. The molecule has 20 heavy (non-hydrogen) atoms. The van der Waals surface area contributed by atoms with Crippen molar-refractivity contribution < 1.29 is 9.90 Å². The van der Waals surface area contributed by atoms with Crippen LogP contribution in [0.5, 0.6) is 0 Å². The van der Waals surface area contributed by atoms with Crippen LogP contribution in [0, 0.1) is 0 Å². The topological polar surface area (TPSA) is 68.0 Å². The van der Waals surface area contributed by atoms with Crippen LogP contribution in [-0.4, -0.2) is 25.6 Å². The number of aromatic nitrogens is 3. The number of benzene rings is 1. The molecular formula is C13H7Cl2N3O2. The summed E-state index contributed by atoms with van der Waals surface area (Å²) in [4.78, 5) is 19.1. The van der Waals surface area contributed by atoms with Crippen molar-refractivity contribution in [3.63, 3.8) is 0 Å². The van der Waals surface area contributed by atoms with E-state index in [1.807, 2.05) is 0 Å². The van der Waals surface area contributed by atoms with Crippen LogP contribution in [0.1, 0.15) is 10.4 Å². The third kappa shape index (κ3) is 2.01. The van der Waals surface area contributed by atoms with E-state index < -0.39 is 5.97 Å². The maximum absolute atomic E-state index is 11.3. The number of carbonyl (C=O) groups is 1. The predicted molar refractivity (Wildman–Crippen MR) is 75.8 cm³/mol. The van der Waals surface area contributed by atoms with Crippen molar-refractivity contribution in [2.24, 2.45) is 0 Å². The van der Waals surface area contributed by atoms with Gasteiger partial charge in [-0.1, -0.05) is 29.8 Å². The summed E-state index contributed by atoms with van der Waals surface area (Å²) in [5.41, 5.74) is 0.855. The third-order valence-corrected chi connectivity index (χ3v) is 3.32. The Hall–Kier alpha value is -2.11. The largest absolute Gasteiger partial charge is 0.478 e. The maximum Gasteiger partial charge on any atom is 0.337 e. The fourth-order valence-electron chi connectivity index (χ4n) is 2.03. The summed E-state index contributed by atoms with van der Waals surface area (Å²) < 4.78 is 1.59. The van der Waals surface area contributed by atoms with Gasteiger partial charge in [0.2, 0.25) is 5.28 Å². The van der Waals surface area contributed by atoms with Gasteiger partial charge in [0.25, 0.3) is 0 Å². The Morgan fingerprint density at radius 3 is 2.75 bits per heavy atom. The Bertz CT molecular complexity index is 830. The van der Waals surface area contributed by atoms with Crippen LogP contribution in [0.4, 0.5) is 0 Å². The summed E-state index contributed by atoms with van der Waals surface area (Å²) in [7, 11) is 0. The van der Waals surface area contributed by atoms with Crippen LogP contribution < -0.4 is 0 Å². The Labute approximate surface area is 123 Å². The molecule has 0 aliphatic carbocycles. The van der Waals surface area contributed by atoms with E-state index >= 15 is 0 Å². The molecule has 1 aromatic carbocycles. The lowest BCUT2D eigenvalue weighted by Crippen LogP contribution is -1.99. The van der Waals surface area contributed by atoms with Crippen molar-refractivity contribution in [3.8, 4) is 5.82 Å². The molecule has 0 fully saturated rings. The van der Waals surface area contributed by atoms with Crippen LogP contribution in [0.25, 0.3) is 16.7 Å². The average Bonchev–Trinajstić information content (AvgIpc) is 2.81. The van der Waals surface area contributed by atoms with E-state index in [0.29, 0.717) is 16.7 Å². The van der Waals surface area contributed by atoms with Gasteiger partial charge >= 0.3 is 5.97 Å². The van der Waals surface area contributed by atoms with E-state index in [4.69, 9.17) is 23.2 Å². The number of fused-ring (bicyclic) bond motifs is 1. The van der Waals surface area contributed by atoms with Crippen molar-refractivity contribution in [3.05, 3.63) is 52.5 Å². The van der Waals surface area contributed by atoms with Crippen LogP contribution in [0.3, 0.4) is 0 Å². The van der Waals surface area contributed by atoms with Crippen LogP contribution >= 0.6 is 23.2 Å². The lowest BCUT2D eigenvalue weighted by atomic mass is 10.2. The van der Waals surface area contributed by atoms with Gasteiger partial charge in [0.15, 0.2) is 5.82 Å². The van der Waals surface area contributed by atoms with E-state index in [9.17, 15) is 9.90 Å². The SMILES string of the molecule is O=C(O)c1cn(-c2nc(Cl)ncc2Cl)c2ccccc12. The lowest BCUT2D eigenvalue weighted by Gasteiger charge is -2.06. The highest BCUT2D eigenvalue weighted by atomic mass is 35.5. The summed E-state index contributed by atoms with van der Waals surface area (Å²) >= 11 is 11.8. The molecule has 2 heterocycles. The molecule has 5 nitrogen and oxygen atoms in total. The number of rotatable bonds is 2. The minimum Gasteiger partial charge on any atom is -0.478 e. The van der Waals surface area contributed by atoms with E-state index in [2.05, 4.69) is 9.97 Å². The fourth-order valence-corrected chi connectivity index (χ4v) is 2.34. The van der Waals surface area contributed by atoms with Gasteiger partial charge < -0.3 is 5.11 Å². The van der Waals surface area contributed by atoms with Crippen molar-refractivity contribution >= 4 is 40.1 Å². The predicted octanol–water partition coefficient (Wildman–Crippen LogP) is 3.43. The zero-order valence-corrected chi connectivity index (χ0v) is 11.4. The molecule has 0 aliphatic heterocycles. The standard InChI is InChI=1S/C13H7Cl2N3O2/c14-9-5-16-13(15)17-11(9)18-6-8(12(19)20)7-3-1-2-4-10(7)18/h1-6H,(H,19,20). The fraction of sp³-hybridized carbons (Fsp3) is 0. The number of halogens is 2. The van der Waals surface area contributed by atoms with Gasteiger partial charge in [-0.05, 0) is 17.7 Å². The van der Waals surface area contributed by atoms with Gasteiger partial charge in [0.1, 0.15) is 5.02 Å². The second-order valence-electron chi connectivity index (χ2n) is 4.05. The normalized spacial score (nSPS) is 10.9. The number of hydrogen-bond acceptors (Lipinski definition) is 3. The molecule has 0 aliphatic rings. The zero-order valence-electron chi connectivity index (χ0n) is 9.92. The Morgan fingerprint density at radius 2 is 2.00 bits per heavy atom. The highest BCUT2D eigenvalue weighted by Crippen LogP contribution is 2.27. The van der Waals surface area contributed by atoms with Gasteiger partial charge in [0.05, 0.1) is 17.3 Å². The van der Waals surface area contributed by atoms with Crippen LogP contribution in [0.2, 0.25) is 10.3 Å². The van der Waals surface area contributed by atoms with Crippen molar-refractivity contribution in [2.75, 3.05) is 0 Å². The second-order valence-corrected chi connectivity index (χ2v) is 4.79. The van der Waals surface area contributed by atoms with Gasteiger partial charge in [-0.2, -0.15) is 4.98 Å². The minimum atomic E-state index is -1.02. The molecular weight excluding hydrogens is 301 g/mol. The molecule has 0 unspecified atom stereocenters. The quantitative estimate of drug-likeness (QED) is 0.737. The second kappa shape index (κ2) is 4.77. The maximum atomic E-state index is 11.3. The van der Waals surface area contributed by atoms with Gasteiger partial charge in [-0.25, -0.2) is 9.78 Å². The lowest BCUT2D eigenvalue weighted by molar-refractivity contribution is 0.0699. The minimum absolute atomic E-state index is 0.0408. The van der Waals surface area contributed by atoms with E-state index in [-0.39, 0.29) is 15.9 Å². The highest BCUT2D eigenvalue weighted by Gasteiger charge is 2.17. The molecule has 0 atom stereocenters. The first-order valence-electron chi connectivity index (χ1n) is 5.59. The Kier molecular flexibility index (Phi) is 3.08. The molecule has 3 rings (SSSR count). The number of aromatic carboxylic acids is 1. The molecule has 0 saturated carbocycles. The number of hydrogen-bond donors (Lipinski definition) is 1. The van der Waals surface area contributed by atoms with Crippen LogP contribution in [0.15, 0.2) is 36.7 Å². The number of para-hydroxylation sites is 1. The first kappa shape index (κ1) is 12.9. The van der Waals surface area contributed by atoms with Crippen molar-refractivity contribution in [1.29, 1.82) is 0 Å². The smallest absolute Gasteiger partial charge is 0.337 e. The molecule has 2 aromatic heterocycles. The number of nitrogens with zero attached hydrogens (tertiary/aromatic N) is 3. The number of carboxylic acid groups (broad SMARTS) is 1. The van der Waals surface area contributed by atoms with E-state index in [0.717, 1.165) is 0 Å². The molecule has 0 radical (unpaired) electrons. The molecule has 0 bridgehead atoms. The molecule has 0 spiro atoms. The average molecular weight is 308 g/mol. The zero-order chi connectivity index (χ0) is 14.3. The molecule has 7 heteroatoms. The molecule has 100 valence electrons. The summed E-state index contributed by atoms with van der Waals surface area (Å²) in [6.07, 6.45) is 2.85. The van der Waals surface area contributed by atoms with Crippen molar-refractivity contribution in [2.45, 2.75) is 0 Å². The Balaban J connectivity index is 2.37. The monoisotopic (exact) mass is 307 g/mol. The summed E-state index contributed by atoms with van der Waals surface area (Å²) in [5.74, 6) is -0.674. The highest BCUT2D eigenvalue weighted by molar-refractivity contribution is 6.33. The van der Waals surface area contributed by atoms with Crippen molar-refractivity contribution in [1.82, 2.24) is 14.5 Å².